The van der Waals surface area contributed by atoms with Gasteiger partial charge in [0.25, 0.3) is 5.56 Å². The molecular formula is C13H16N6O. The standard InChI is InChI=1S/C13H16N6O/c14-11(15)3-7-19(9-10-2-1-4-16-8-10)12-13(20)18-6-5-17-12/h1-2,4-6,8H,3,7,9H2,(H3,14,15)(H,18,20). The first-order valence-electron chi connectivity index (χ1n) is 6.17. The van der Waals surface area contributed by atoms with Crippen molar-refractivity contribution in [3.8, 4) is 0 Å². The maximum Gasteiger partial charge on any atom is 0.290 e. The van der Waals surface area contributed by atoms with Gasteiger partial charge in [0, 0.05) is 44.3 Å². The fourth-order valence-electron chi connectivity index (χ4n) is 1.80. The van der Waals surface area contributed by atoms with E-state index >= 15 is 0 Å². The summed E-state index contributed by atoms with van der Waals surface area (Å²) in [5.41, 5.74) is 6.08. The lowest BCUT2D eigenvalue weighted by Gasteiger charge is -2.22. The van der Waals surface area contributed by atoms with Crippen LogP contribution in [0.15, 0.2) is 41.7 Å². The van der Waals surface area contributed by atoms with Crippen LogP contribution in [0, 0.1) is 5.41 Å². The number of nitrogens with one attached hydrogen (secondary N) is 2. The molecule has 0 bridgehead atoms. The molecule has 0 aliphatic carbocycles. The van der Waals surface area contributed by atoms with Crippen LogP contribution < -0.4 is 16.2 Å². The van der Waals surface area contributed by atoms with E-state index < -0.39 is 0 Å². The number of nitrogens with two attached hydrogens (primary N) is 1. The lowest BCUT2D eigenvalue weighted by molar-refractivity contribution is 0.774. The molecule has 2 rings (SSSR count). The van der Waals surface area contributed by atoms with E-state index in [0.717, 1.165) is 5.56 Å². The van der Waals surface area contributed by atoms with Gasteiger partial charge in [-0.2, -0.15) is 0 Å². The summed E-state index contributed by atoms with van der Waals surface area (Å²) in [5.74, 6) is 0.395. The second-order valence-electron chi connectivity index (χ2n) is 4.30. The fraction of sp³-hybridized carbons (Fsp3) is 0.231. The summed E-state index contributed by atoms with van der Waals surface area (Å²) < 4.78 is 0. The number of anilines is 1. The number of rotatable bonds is 6. The second kappa shape index (κ2) is 6.46. The molecule has 0 fully saturated rings. The van der Waals surface area contributed by atoms with Crippen LogP contribution in [0.5, 0.6) is 0 Å². The third-order valence-corrected chi connectivity index (χ3v) is 2.74. The predicted octanol–water partition coefficient (Wildman–Crippen LogP) is 0.498. The molecule has 4 N–H and O–H groups in total. The Hall–Kier alpha value is -2.70. The van der Waals surface area contributed by atoms with Crippen molar-refractivity contribution in [3.63, 3.8) is 0 Å². The Labute approximate surface area is 116 Å². The van der Waals surface area contributed by atoms with Crippen molar-refractivity contribution in [2.45, 2.75) is 13.0 Å². The molecule has 0 aromatic carbocycles. The Morgan fingerprint density at radius 1 is 1.45 bits per heavy atom. The van der Waals surface area contributed by atoms with E-state index in [0.29, 0.717) is 25.3 Å². The molecule has 0 amide bonds. The predicted molar refractivity (Wildman–Crippen MR) is 76.7 cm³/mol. The number of hydrogen-bond acceptors (Lipinski definition) is 5. The summed E-state index contributed by atoms with van der Waals surface area (Å²) in [4.78, 5) is 24.4. The van der Waals surface area contributed by atoms with Crippen molar-refractivity contribution in [1.29, 1.82) is 5.41 Å². The number of nitrogens with zero attached hydrogens (tertiary/aromatic N) is 3. The maximum absolute atomic E-state index is 11.8. The Morgan fingerprint density at radius 2 is 2.30 bits per heavy atom. The van der Waals surface area contributed by atoms with Crippen LogP contribution in [0.25, 0.3) is 0 Å². The SMILES string of the molecule is N=C(N)CCN(Cc1cccnc1)c1ncc[nH]c1=O. The molecule has 7 heteroatoms. The Morgan fingerprint density at radius 3 is 2.95 bits per heavy atom. The van der Waals surface area contributed by atoms with E-state index in [1.54, 1.807) is 17.3 Å². The van der Waals surface area contributed by atoms with Crippen molar-refractivity contribution >= 4 is 11.7 Å². The number of aromatic amines is 1. The zero-order valence-electron chi connectivity index (χ0n) is 10.9. The molecule has 0 aliphatic rings. The molecule has 20 heavy (non-hydrogen) atoms. The molecule has 0 unspecified atom stereocenters. The van der Waals surface area contributed by atoms with Gasteiger partial charge in [0.1, 0.15) is 0 Å². The van der Waals surface area contributed by atoms with Gasteiger partial charge in [-0.05, 0) is 11.6 Å². The highest BCUT2D eigenvalue weighted by Crippen LogP contribution is 2.09. The number of hydrogen-bond donors (Lipinski definition) is 3. The van der Waals surface area contributed by atoms with Crippen LogP contribution in [0.3, 0.4) is 0 Å². The molecule has 2 heterocycles. The Bertz CT molecular complexity index is 624. The van der Waals surface area contributed by atoms with Crippen molar-refractivity contribution in [2.24, 2.45) is 5.73 Å². The van der Waals surface area contributed by atoms with Gasteiger partial charge < -0.3 is 15.6 Å². The quantitative estimate of drug-likeness (QED) is 0.523. The van der Waals surface area contributed by atoms with Gasteiger partial charge in [0.15, 0.2) is 5.82 Å². The van der Waals surface area contributed by atoms with Crippen molar-refractivity contribution < 1.29 is 0 Å². The molecule has 2 aromatic heterocycles. The van der Waals surface area contributed by atoms with Gasteiger partial charge in [-0.1, -0.05) is 6.07 Å². The zero-order chi connectivity index (χ0) is 14.4. The third-order valence-electron chi connectivity index (χ3n) is 2.74. The summed E-state index contributed by atoms with van der Waals surface area (Å²) >= 11 is 0. The topological polar surface area (TPSA) is 112 Å². The minimum absolute atomic E-state index is 0.0774. The number of amidine groups is 1. The molecule has 0 radical (unpaired) electrons. The van der Waals surface area contributed by atoms with Gasteiger partial charge in [0.2, 0.25) is 0 Å². The lowest BCUT2D eigenvalue weighted by atomic mass is 10.2. The summed E-state index contributed by atoms with van der Waals surface area (Å²) in [5, 5.41) is 7.32. The number of aromatic nitrogens is 3. The molecular weight excluding hydrogens is 256 g/mol. The second-order valence-corrected chi connectivity index (χ2v) is 4.30. The Balaban J connectivity index is 2.23. The molecule has 0 aliphatic heterocycles. The van der Waals surface area contributed by atoms with E-state index in [4.69, 9.17) is 11.1 Å². The molecule has 0 saturated carbocycles. The highest BCUT2D eigenvalue weighted by Gasteiger charge is 2.12. The van der Waals surface area contributed by atoms with Crippen molar-refractivity contribution in [1.82, 2.24) is 15.0 Å². The van der Waals surface area contributed by atoms with Gasteiger partial charge in [-0.3, -0.25) is 15.2 Å². The summed E-state index contributed by atoms with van der Waals surface area (Å²) in [6.45, 7) is 0.936. The third kappa shape index (κ3) is 3.64. The Kier molecular flexibility index (Phi) is 4.43. The molecule has 7 nitrogen and oxygen atoms in total. The van der Waals surface area contributed by atoms with E-state index in [1.807, 2.05) is 12.1 Å². The van der Waals surface area contributed by atoms with Gasteiger partial charge in [-0.25, -0.2) is 4.98 Å². The van der Waals surface area contributed by atoms with E-state index in [2.05, 4.69) is 15.0 Å². The zero-order valence-corrected chi connectivity index (χ0v) is 10.9. The average molecular weight is 272 g/mol. The molecule has 0 atom stereocenters. The minimum Gasteiger partial charge on any atom is -0.388 e. The first-order chi connectivity index (χ1) is 9.66. The first-order valence-corrected chi connectivity index (χ1v) is 6.17. The fourth-order valence-corrected chi connectivity index (χ4v) is 1.80. The number of pyridine rings is 1. The average Bonchev–Trinajstić information content (AvgIpc) is 2.45. The van der Waals surface area contributed by atoms with E-state index in [1.165, 1.54) is 12.4 Å². The van der Waals surface area contributed by atoms with Crippen molar-refractivity contribution in [3.05, 3.63) is 52.8 Å². The van der Waals surface area contributed by atoms with Gasteiger partial charge in [0.05, 0.1) is 5.84 Å². The summed E-state index contributed by atoms with van der Waals surface area (Å²) in [6, 6.07) is 3.76. The molecule has 2 aromatic rings. The van der Waals surface area contributed by atoms with Crippen LogP contribution in [-0.4, -0.2) is 27.3 Å². The van der Waals surface area contributed by atoms with Crippen LogP contribution in [0.1, 0.15) is 12.0 Å². The van der Waals surface area contributed by atoms with E-state index in [-0.39, 0.29) is 11.4 Å². The number of H-pyrrole nitrogens is 1. The van der Waals surface area contributed by atoms with Crippen LogP contribution in [-0.2, 0) is 6.54 Å². The minimum atomic E-state index is -0.264. The van der Waals surface area contributed by atoms with Crippen LogP contribution >= 0.6 is 0 Å². The summed E-state index contributed by atoms with van der Waals surface area (Å²) in [7, 11) is 0. The van der Waals surface area contributed by atoms with Crippen molar-refractivity contribution in [2.75, 3.05) is 11.4 Å². The highest BCUT2D eigenvalue weighted by molar-refractivity contribution is 5.77. The van der Waals surface area contributed by atoms with Crippen LogP contribution in [0.2, 0.25) is 0 Å². The summed E-state index contributed by atoms with van der Waals surface area (Å²) in [6.07, 6.45) is 6.81. The molecule has 0 saturated heterocycles. The smallest absolute Gasteiger partial charge is 0.290 e. The molecule has 0 spiro atoms. The molecule has 104 valence electrons. The normalized spacial score (nSPS) is 10.2. The maximum atomic E-state index is 11.8. The lowest BCUT2D eigenvalue weighted by Crippen LogP contribution is -2.32. The first kappa shape index (κ1) is 13.7. The van der Waals surface area contributed by atoms with Crippen LogP contribution in [0.4, 0.5) is 5.82 Å². The largest absolute Gasteiger partial charge is 0.388 e. The monoisotopic (exact) mass is 272 g/mol. The van der Waals surface area contributed by atoms with Gasteiger partial charge >= 0.3 is 0 Å². The highest BCUT2D eigenvalue weighted by atomic mass is 16.1. The van der Waals surface area contributed by atoms with Gasteiger partial charge in [-0.15, -0.1) is 0 Å². The van der Waals surface area contributed by atoms with E-state index in [9.17, 15) is 4.79 Å².